The summed E-state index contributed by atoms with van der Waals surface area (Å²) >= 11 is 0. The van der Waals surface area contributed by atoms with Crippen molar-refractivity contribution in [3.05, 3.63) is 119 Å². The zero-order valence-corrected chi connectivity index (χ0v) is 20.8. The van der Waals surface area contributed by atoms with E-state index in [-0.39, 0.29) is 11.9 Å². The van der Waals surface area contributed by atoms with E-state index < -0.39 is 0 Å². The van der Waals surface area contributed by atoms with Crippen molar-refractivity contribution >= 4 is 5.91 Å². The first-order valence-electron chi connectivity index (χ1n) is 12.4. The second-order valence-corrected chi connectivity index (χ2v) is 9.14. The van der Waals surface area contributed by atoms with Crippen LogP contribution in [0.3, 0.4) is 0 Å². The molecule has 184 valence electrons. The third-order valence-corrected chi connectivity index (χ3v) is 6.87. The van der Waals surface area contributed by atoms with Crippen LogP contribution < -0.4 is 4.74 Å². The monoisotopic (exact) mass is 481 g/mol. The molecule has 0 unspecified atom stereocenters. The highest BCUT2D eigenvalue weighted by molar-refractivity contribution is 5.97. The second kappa shape index (κ2) is 10.8. The van der Waals surface area contributed by atoms with E-state index in [0.29, 0.717) is 31.0 Å². The molecule has 1 aliphatic rings. The number of nitrogens with zero attached hydrogens (tertiary/aromatic N) is 3. The summed E-state index contributed by atoms with van der Waals surface area (Å²) in [6.45, 7) is 6.98. The van der Waals surface area contributed by atoms with Crippen LogP contribution in [-0.2, 0) is 6.61 Å². The first kappa shape index (κ1) is 23.8. The highest BCUT2D eigenvalue weighted by Gasteiger charge is 2.29. The van der Waals surface area contributed by atoms with Gasteiger partial charge in [-0.1, -0.05) is 78.0 Å². The average Bonchev–Trinajstić information content (AvgIpc) is 3.25. The van der Waals surface area contributed by atoms with Gasteiger partial charge < -0.3 is 14.2 Å². The smallest absolute Gasteiger partial charge is 0.257 e. The van der Waals surface area contributed by atoms with Gasteiger partial charge in [-0.05, 0) is 37.1 Å². The molecule has 1 fully saturated rings. The lowest BCUT2D eigenvalue weighted by Gasteiger charge is -2.40. The molecule has 0 radical (unpaired) electrons. The highest BCUT2D eigenvalue weighted by Crippen LogP contribution is 2.30. The quantitative estimate of drug-likeness (QED) is 0.353. The van der Waals surface area contributed by atoms with Crippen LogP contribution in [0.2, 0.25) is 0 Å². The Balaban J connectivity index is 1.29. The molecule has 0 bridgehead atoms. The van der Waals surface area contributed by atoms with Crippen molar-refractivity contribution in [3.8, 4) is 5.75 Å². The molecule has 5 rings (SSSR count). The Morgan fingerprint density at radius 1 is 0.861 bits per heavy atom. The third kappa shape index (κ3) is 5.04. The zero-order valence-electron chi connectivity index (χ0n) is 20.8. The van der Waals surface area contributed by atoms with Crippen molar-refractivity contribution in [1.29, 1.82) is 0 Å². The largest absolute Gasteiger partial charge is 0.488 e. The van der Waals surface area contributed by atoms with E-state index in [1.165, 1.54) is 11.1 Å². The number of para-hydroxylation sites is 1. The lowest BCUT2D eigenvalue weighted by atomic mass is 9.96. The molecule has 6 heteroatoms. The van der Waals surface area contributed by atoms with E-state index >= 15 is 0 Å². The third-order valence-electron chi connectivity index (χ3n) is 6.87. The maximum Gasteiger partial charge on any atom is 0.257 e. The SMILES string of the molecule is Cc1noc(C)c1COc1ccccc1C(=O)N1CCN(C(c2ccccc2)c2ccccc2)CC1. The predicted molar refractivity (Wildman–Crippen MR) is 139 cm³/mol. The van der Waals surface area contributed by atoms with Crippen LogP contribution in [-0.4, -0.2) is 47.0 Å². The number of hydrogen-bond acceptors (Lipinski definition) is 5. The molecule has 2 heterocycles. The van der Waals surface area contributed by atoms with Gasteiger partial charge in [-0.15, -0.1) is 0 Å². The van der Waals surface area contributed by atoms with Crippen LogP contribution in [0.4, 0.5) is 0 Å². The summed E-state index contributed by atoms with van der Waals surface area (Å²) in [7, 11) is 0. The van der Waals surface area contributed by atoms with Crippen molar-refractivity contribution in [2.75, 3.05) is 26.2 Å². The summed E-state index contributed by atoms with van der Waals surface area (Å²) in [5.41, 5.74) is 4.83. The topological polar surface area (TPSA) is 58.8 Å². The van der Waals surface area contributed by atoms with Crippen molar-refractivity contribution in [1.82, 2.24) is 15.0 Å². The van der Waals surface area contributed by atoms with Crippen molar-refractivity contribution in [3.63, 3.8) is 0 Å². The Morgan fingerprint density at radius 3 is 2.03 bits per heavy atom. The molecule has 0 spiro atoms. The molecule has 0 N–H and O–H groups in total. The summed E-state index contributed by atoms with van der Waals surface area (Å²) in [6, 6.07) is 28.8. The van der Waals surface area contributed by atoms with Crippen LogP contribution in [0.15, 0.2) is 89.5 Å². The maximum absolute atomic E-state index is 13.5. The van der Waals surface area contributed by atoms with Gasteiger partial charge >= 0.3 is 0 Å². The number of rotatable bonds is 7. The predicted octanol–water partition coefficient (Wildman–Crippen LogP) is 5.42. The minimum Gasteiger partial charge on any atom is -0.488 e. The second-order valence-electron chi connectivity index (χ2n) is 9.14. The summed E-state index contributed by atoms with van der Waals surface area (Å²) < 4.78 is 11.3. The Bertz CT molecular complexity index is 1240. The molecule has 0 atom stereocenters. The van der Waals surface area contributed by atoms with E-state index in [2.05, 4.69) is 58.6 Å². The van der Waals surface area contributed by atoms with E-state index in [0.717, 1.165) is 30.1 Å². The molecule has 6 nitrogen and oxygen atoms in total. The van der Waals surface area contributed by atoms with Crippen LogP contribution >= 0.6 is 0 Å². The average molecular weight is 482 g/mol. The fourth-order valence-corrected chi connectivity index (χ4v) is 4.87. The number of aryl methyl sites for hydroxylation is 2. The summed E-state index contributed by atoms with van der Waals surface area (Å²) in [4.78, 5) is 17.9. The fraction of sp³-hybridized carbons (Fsp3) is 0.267. The number of hydrogen-bond donors (Lipinski definition) is 0. The van der Waals surface area contributed by atoms with Crippen LogP contribution in [0, 0.1) is 13.8 Å². The Kier molecular flexibility index (Phi) is 7.14. The number of piperazine rings is 1. The first-order chi connectivity index (χ1) is 17.6. The van der Waals surface area contributed by atoms with Gasteiger partial charge in [0.2, 0.25) is 0 Å². The molecule has 36 heavy (non-hydrogen) atoms. The standard InChI is InChI=1S/C30H31N3O3/c1-22-27(23(2)36-31-22)21-35-28-16-10-9-15-26(28)30(34)33-19-17-32(18-20-33)29(24-11-5-3-6-12-24)25-13-7-4-8-14-25/h3-16,29H,17-21H2,1-2H3. The van der Waals surface area contributed by atoms with Crippen LogP contribution in [0.1, 0.15) is 44.5 Å². The first-order valence-corrected chi connectivity index (χ1v) is 12.4. The molecular formula is C30H31N3O3. The minimum atomic E-state index is -0.0000141. The number of carbonyl (C=O) groups is 1. The van der Waals surface area contributed by atoms with Gasteiger partial charge in [0.25, 0.3) is 5.91 Å². The van der Waals surface area contributed by atoms with Crippen molar-refractivity contribution < 1.29 is 14.1 Å². The summed E-state index contributed by atoms with van der Waals surface area (Å²) in [6.07, 6.45) is 0. The number of amides is 1. The maximum atomic E-state index is 13.5. The molecule has 1 aliphatic heterocycles. The van der Waals surface area contributed by atoms with E-state index in [1.807, 2.05) is 55.1 Å². The van der Waals surface area contributed by atoms with Crippen LogP contribution in [0.25, 0.3) is 0 Å². The van der Waals surface area contributed by atoms with Gasteiger partial charge in [-0.3, -0.25) is 9.69 Å². The van der Waals surface area contributed by atoms with E-state index in [1.54, 1.807) is 0 Å². The van der Waals surface area contributed by atoms with Gasteiger partial charge in [-0.25, -0.2) is 0 Å². The molecule has 0 aliphatic carbocycles. The zero-order chi connectivity index (χ0) is 24.9. The molecule has 4 aromatic rings. The number of aromatic nitrogens is 1. The van der Waals surface area contributed by atoms with Gasteiger partial charge in [0.1, 0.15) is 18.1 Å². The normalized spacial score (nSPS) is 14.2. The molecular weight excluding hydrogens is 450 g/mol. The van der Waals surface area contributed by atoms with Crippen molar-refractivity contribution in [2.24, 2.45) is 0 Å². The highest BCUT2D eigenvalue weighted by atomic mass is 16.5. The Hall–Kier alpha value is -3.90. The van der Waals surface area contributed by atoms with Gasteiger partial charge in [-0.2, -0.15) is 0 Å². The Labute approximate surface area is 212 Å². The fourth-order valence-electron chi connectivity index (χ4n) is 4.87. The Morgan fingerprint density at radius 2 is 1.44 bits per heavy atom. The molecule has 1 amide bonds. The van der Waals surface area contributed by atoms with Crippen LogP contribution in [0.5, 0.6) is 5.75 Å². The number of carbonyl (C=O) groups excluding carboxylic acids is 1. The number of benzene rings is 3. The lowest BCUT2D eigenvalue weighted by molar-refractivity contribution is 0.0593. The number of ether oxygens (including phenoxy) is 1. The molecule has 0 saturated carbocycles. The van der Waals surface area contributed by atoms with E-state index in [9.17, 15) is 4.79 Å². The summed E-state index contributed by atoms with van der Waals surface area (Å²) in [5.74, 6) is 1.31. The van der Waals surface area contributed by atoms with Gasteiger partial charge in [0, 0.05) is 26.2 Å². The molecule has 1 aromatic heterocycles. The van der Waals surface area contributed by atoms with Crippen molar-refractivity contribution in [2.45, 2.75) is 26.5 Å². The molecule has 3 aromatic carbocycles. The summed E-state index contributed by atoms with van der Waals surface area (Å²) in [5, 5.41) is 3.99. The molecule has 1 saturated heterocycles. The minimum absolute atomic E-state index is 0.0000141. The van der Waals surface area contributed by atoms with Gasteiger partial charge in [0.15, 0.2) is 0 Å². The van der Waals surface area contributed by atoms with Gasteiger partial charge in [0.05, 0.1) is 22.9 Å². The van der Waals surface area contributed by atoms with E-state index in [4.69, 9.17) is 9.26 Å². The lowest BCUT2D eigenvalue weighted by Crippen LogP contribution is -2.49.